The van der Waals surface area contributed by atoms with Gasteiger partial charge in [-0.2, -0.15) is 11.3 Å². The van der Waals surface area contributed by atoms with E-state index in [1.165, 1.54) is 0 Å². The molecule has 0 aliphatic rings. The Morgan fingerprint density at radius 1 is 1.65 bits per heavy atom. The maximum absolute atomic E-state index is 12.1. The summed E-state index contributed by atoms with van der Waals surface area (Å²) in [7, 11) is 1.70. The van der Waals surface area contributed by atoms with Gasteiger partial charge in [0.1, 0.15) is 5.41 Å². The molecule has 0 aliphatic carbocycles. The van der Waals surface area contributed by atoms with E-state index in [4.69, 9.17) is 10.9 Å². The largest absolute Gasteiger partial charge is 0.409 e. The minimum Gasteiger partial charge on any atom is -0.409 e. The third-order valence-corrected chi connectivity index (χ3v) is 3.36. The highest BCUT2D eigenvalue weighted by Crippen LogP contribution is 2.20. The molecular formula is C11H17N3O2S. The molecule has 1 rings (SSSR count). The molecule has 0 aromatic carbocycles. The lowest BCUT2D eigenvalue weighted by Crippen LogP contribution is -2.46. The molecule has 94 valence electrons. The van der Waals surface area contributed by atoms with E-state index in [1.807, 2.05) is 16.8 Å². The maximum atomic E-state index is 12.1. The van der Waals surface area contributed by atoms with Gasteiger partial charge in [0.05, 0.1) is 0 Å². The molecule has 0 atom stereocenters. The Balaban J connectivity index is 2.76. The van der Waals surface area contributed by atoms with Crippen molar-refractivity contribution in [1.29, 1.82) is 0 Å². The Hall–Kier alpha value is -1.56. The van der Waals surface area contributed by atoms with Crippen molar-refractivity contribution in [1.82, 2.24) is 4.90 Å². The number of hydrogen-bond acceptors (Lipinski definition) is 4. The monoisotopic (exact) mass is 255 g/mol. The molecule has 0 bridgehead atoms. The van der Waals surface area contributed by atoms with Crippen LogP contribution in [0.5, 0.6) is 0 Å². The van der Waals surface area contributed by atoms with Crippen LogP contribution in [0.25, 0.3) is 0 Å². The van der Waals surface area contributed by atoms with Crippen molar-refractivity contribution in [2.45, 2.75) is 20.4 Å². The molecule has 3 N–H and O–H groups in total. The molecule has 0 saturated carbocycles. The topological polar surface area (TPSA) is 78.9 Å². The molecule has 0 unspecified atom stereocenters. The number of oxime groups is 1. The first-order valence-electron chi connectivity index (χ1n) is 5.14. The molecule has 0 radical (unpaired) electrons. The standard InChI is InChI=1S/C11H17N3O2S/c1-11(2,9(12)13-16)10(15)14(3)6-8-4-5-17-7-8/h4-5,7,16H,6H2,1-3H3,(H2,12,13). The van der Waals surface area contributed by atoms with Crippen LogP contribution in [0.3, 0.4) is 0 Å². The summed E-state index contributed by atoms with van der Waals surface area (Å²) in [5, 5.41) is 15.5. The number of thiophene rings is 1. The molecule has 0 aliphatic heterocycles. The van der Waals surface area contributed by atoms with E-state index in [9.17, 15) is 4.79 Å². The quantitative estimate of drug-likeness (QED) is 0.370. The van der Waals surface area contributed by atoms with Crippen LogP contribution in [0, 0.1) is 5.41 Å². The van der Waals surface area contributed by atoms with Gasteiger partial charge >= 0.3 is 0 Å². The summed E-state index contributed by atoms with van der Waals surface area (Å²) >= 11 is 1.59. The number of hydrogen-bond donors (Lipinski definition) is 2. The fourth-order valence-electron chi connectivity index (χ4n) is 1.44. The highest BCUT2D eigenvalue weighted by molar-refractivity contribution is 7.07. The van der Waals surface area contributed by atoms with Crippen LogP contribution < -0.4 is 5.73 Å². The van der Waals surface area contributed by atoms with Gasteiger partial charge in [-0.05, 0) is 36.2 Å². The summed E-state index contributed by atoms with van der Waals surface area (Å²) in [5.74, 6) is -0.265. The van der Waals surface area contributed by atoms with Crippen molar-refractivity contribution < 1.29 is 10.0 Å². The van der Waals surface area contributed by atoms with Gasteiger partial charge in [-0.1, -0.05) is 5.16 Å². The minimum absolute atomic E-state index is 0.0836. The van der Waals surface area contributed by atoms with Crippen molar-refractivity contribution in [2.75, 3.05) is 7.05 Å². The molecule has 6 heteroatoms. The minimum atomic E-state index is -1.00. The summed E-state index contributed by atoms with van der Waals surface area (Å²) in [6.45, 7) is 3.79. The van der Waals surface area contributed by atoms with Crippen molar-refractivity contribution in [3.63, 3.8) is 0 Å². The molecule has 17 heavy (non-hydrogen) atoms. The van der Waals surface area contributed by atoms with E-state index in [-0.39, 0.29) is 11.7 Å². The fraction of sp³-hybridized carbons (Fsp3) is 0.455. The van der Waals surface area contributed by atoms with Crippen LogP contribution >= 0.6 is 11.3 Å². The average Bonchev–Trinajstić information content (AvgIpc) is 2.79. The van der Waals surface area contributed by atoms with Crippen molar-refractivity contribution in [3.05, 3.63) is 22.4 Å². The predicted molar refractivity (Wildman–Crippen MR) is 68.0 cm³/mol. The molecule has 1 aromatic rings. The first kappa shape index (κ1) is 13.5. The lowest BCUT2D eigenvalue weighted by Gasteiger charge is -2.27. The van der Waals surface area contributed by atoms with Gasteiger partial charge < -0.3 is 15.8 Å². The maximum Gasteiger partial charge on any atom is 0.235 e. The molecule has 0 spiro atoms. The molecular weight excluding hydrogens is 238 g/mol. The summed E-state index contributed by atoms with van der Waals surface area (Å²) in [5.41, 5.74) is 5.59. The first-order chi connectivity index (χ1) is 7.89. The Bertz CT molecular complexity index is 412. The Labute approximate surface area is 105 Å². The molecule has 5 nitrogen and oxygen atoms in total. The number of rotatable bonds is 4. The summed E-state index contributed by atoms with van der Waals surface area (Å²) in [4.78, 5) is 13.7. The normalized spacial score (nSPS) is 12.5. The smallest absolute Gasteiger partial charge is 0.235 e. The third-order valence-electron chi connectivity index (χ3n) is 2.63. The van der Waals surface area contributed by atoms with Crippen LogP contribution in [0.4, 0.5) is 0 Å². The van der Waals surface area contributed by atoms with Gasteiger partial charge in [0.15, 0.2) is 5.84 Å². The number of amidine groups is 1. The zero-order chi connectivity index (χ0) is 13.1. The van der Waals surface area contributed by atoms with Crippen LogP contribution in [0.15, 0.2) is 22.0 Å². The lowest BCUT2D eigenvalue weighted by atomic mass is 9.90. The van der Waals surface area contributed by atoms with Gasteiger partial charge in [0.25, 0.3) is 0 Å². The zero-order valence-corrected chi connectivity index (χ0v) is 11.0. The van der Waals surface area contributed by atoms with E-state index in [0.29, 0.717) is 6.54 Å². The third kappa shape index (κ3) is 2.97. The van der Waals surface area contributed by atoms with Crippen LogP contribution in [-0.4, -0.2) is 28.9 Å². The van der Waals surface area contributed by atoms with E-state index in [1.54, 1.807) is 37.1 Å². The van der Waals surface area contributed by atoms with Gasteiger partial charge in [-0.25, -0.2) is 0 Å². The highest BCUT2D eigenvalue weighted by atomic mass is 32.1. The van der Waals surface area contributed by atoms with Crippen molar-refractivity contribution in [2.24, 2.45) is 16.3 Å². The summed E-state index contributed by atoms with van der Waals surface area (Å²) < 4.78 is 0. The van der Waals surface area contributed by atoms with Gasteiger partial charge in [-0.3, -0.25) is 4.79 Å². The van der Waals surface area contributed by atoms with Crippen LogP contribution in [0.2, 0.25) is 0 Å². The SMILES string of the molecule is CN(Cc1ccsc1)C(=O)C(C)(C)C(N)=NO. The van der Waals surface area contributed by atoms with Crippen LogP contribution in [-0.2, 0) is 11.3 Å². The first-order valence-corrected chi connectivity index (χ1v) is 6.08. The van der Waals surface area contributed by atoms with E-state index in [2.05, 4.69) is 5.16 Å². The molecule has 1 heterocycles. The predicted octanol–water partition coefficient (Wildman–Crippen LogP) is 1.48. The second kappa shape index (κ2) is 5.18. The van der Waals surface area contributed by atoms with E-state index < -0.39 is 5.41 Å². The number of amides is 1. The summed E-state index contributed by atoms with van der Waals surface area (Å²) in [6, 6.07) is 1.96. The molecule has 1 aromatic heterocycles. The number of nitrogens with two attached hydrogens (primary N) is 1. The molecule has 1 amide bonds. The van der Waals surface area contributed by atoms with Gasteiger partial charge in [0, 0.05) is 13.6 Å². The number of nitrogens with zero attached hydrogens (tertiary/aromatic N) is 2. The fourth-order valence-corrected chi connectivity index (χ4v) is 2.10. The van der Waals surface area contributed by atoms with Crippen molar-refractivity contribution in [3.8, 4) is 0 Å². The van der Waals surface area contributed by atoms with E-state index in [0.717, 1.165) is 5.56 Å². The summed E-state index contributed by atoms with van der Waals surface area (Å²) in [6.07, 6.45) is 0. The van der Waals surface area contributed by atoms with Crippen molar-refractivity contribution >= 4 is 23.1 Å². The Morgan fingerprint density at radius 2 is 2.29 bits per heavy atom. The van der Waals surface area contributed by atoms with Gasteiger partial charge in [0.2, 0.25) is 5.91 Å². The molecule has 0 fully saturated rings. The zero-order valence-electron chi connectivity index (χ0n) is 10.2. The number of carbonyl (C=O) groups is 1. The van der Waals surface area contributed by atoms with Gasteiger partial charge in [-0.15, -0.1) is 0 Å². The van der Waals surface area contributed by atoms with E-state index >= 15 is 0 Å². The Kier molecular flexibility index (Phi) is 4.11. The van der Waals surface area contributed by atoms with Crippen LogP contribution in [0.1, 0.15) is 19.4 Å². The second-order valence-corrected chi connectivity index (χ2v) is 5.18. The Morgan fingerprint density at radius 3 is 2.76 bits per heavy atom. The second-order valence-electron chi connectivity index (χ2n) is 4.40. The lowest BCUT2D eigenvalue weighted by molar-refractivity contribution is -0.136. The molecule has 0 saturated heterocycles. The highest BCUT2D eigenvalue weighted by Gasteiger charge is 2.35. The average molecular weight is 255 g/mol. The number of carbonyl (C=O) groups excluding carboxylic acids is 1.